The number of hydrogen-bond acceptors (Lipinski definition) is 4. The summed E-state index contributed by atoms with van der Waals surface area (Å²) in [6.45, 7) is 3.02. The molecule has 0 aromatic heterocycles. The zero-order valence-electron chi connectivity index (χ0n) is 16.2. The smallest absolute Gasteiger partial charge is 0.325 e. The second-order valence-electron chi connectivity index (χ2n) is 7.67. The van der Waals surface area contributed by atoms with E-state index in [0.29, 0.717) is 5.56 Å². The van der Waals surface area contributed by atoms with Crippen LogP contribution >= 0.6 is 0 Å². The SMILES string of the molecule is Cc1ccc([C@]2(C)NC(=O)N(CC(=O)NC(=O)NC3CCCCC3)C2=O)cc1. The topological polar surface area (TPSA) is 108 Å². The minimum absolute atomic E-state index is 0.0584. The summed E-state index contributed by atoms with van der Waals surface area (Å²) in [7, 11) is 0. The third kappa shape index (κ3) is 4.16. The molecule has 1 aromatic rings. The van der Waals surface area contributed by atoms with Crippen LogP contribution in [0.4, 0.5) is 9.59 Å². The first kappa shape index (κ1) is 19.9. The molecule has 0 spiro atoms. The third-order valence-corrected chi connectivity index (χ3v) is 5.40. The predicted molar refractivity (Wildman–Crippen MR) is 102 cm³/mol. The van der Waals surface area contributed by atoms with Gasteiger partial charge in [-0.15, -0.1) is 0 Å². The average molecular weight is 386 g/mol. The van der Waals surface area contributed by atoms with Crippen molar-refractivity contribution in [3.05, 3.63) is 35.4 Å². The molecule has 3 N–H and O–H groups in total. The summed E-state index contributed by atoms with van der Waals surface area (Å²) in [5.41, 5.74) is 0.425. The number of carbonyl (C=O) groups excluding carboxylic acids is 4. The van der Waals surface area contributed by atoms with Gasteiger partial charge in [0.15, 0.2) is 0 Å². The molecule has 6 amide bonds. The maximum absolute atomic E-state index is 12.8. The van der Waals surface area contributed by atoms with Gasteiger partial charge in [-0.3, -0.25) is 19.8 Å². The summed E-state index contributed by atoms with van der Waals surface area (Å²) in [5, 5.41) is 7.62. The van der Waals surface area contributed by atoms with Gasteiger partial charge in [0, 0.05) is 6.04 Å². The molecular formula is C20H26N4O4. The van der Waals surface area contributed by atoms with Crippen LogP contribution in [0.25, 0.3) is 0 Å². The molecule has 1 atom stereocenters. The summed E-state index contributed by atoms with van der Waals surface area (Å²) in [6.07, 6.45) is 5.05. The van der Waals surface area contributed by atoms with Crippen molar-refractivity contribution < 1.29 is 19.2 Å². The number of amides is 6. The maximum Gasteiger partial charge on any atom is 0.325 e. The lowest BCUT2D eigenvalue weighted by atomic mass is 9.91. The number of nitrogens with zero attached hydrogens (tertiary/aromatic N) is 1. The minimum Gasteiger partial charge on any atom is -0.335 e. The quantitative estimate of drug-likeness (QED) is 0.687. The number of imide groups is 2. The summed E-state index contributed by atoms with van der Waals surface area (Å²) in [4.78, 5) is 50.1. The number of urea groups is 2. The molecule has 0 radical (unpaired) electrons. The lowest BCUT2D eigenvalue weighted by Gasteiger charge is -2.23. The predicted octanol–water partition coefficient (Wildman–Crippen LogP) is 1.92. The Labute approximate surface area is 164 Å². The summed E-state index contributed by atoms with van der Waals surface area (Å²) < 4.78 is 0. The molecule has 1 aliphatic carbocycles. The highest BCUT2D eigenvalue weighted by atomic mass is 16.2. The molecule has 3 rings (SSSR count). The largest absolute Gasteiger partial charge is 0.335 e. The van der Waals surface area contributed by atoms with Crippen molar-refractivity contribution in [1.29, 1.82) is 0 Å². The Morgan fingerprint density at radius 3 is 2.43 bits per heavy atom. The molecule has 150 valence electrons. The molecule has 1 aromatic carbocycles. The molecule has 1 saturated carbocycles. The van der Waals surface area contributed by atoms with Gasteiger partial charge in [-0.05, 0) is 32.3 Å². The fourth-order valence-corrected chi connectivity index (χ4v) is 3.70. The van der Waals surface area contributed by atoms with E-state index in [0.717, 1.165) is 42.6 Å². The molecule has 1 heterocycles. The van der Waals surface area contributed by atoms with E-state index in [-0.39, 0.29) is 6.04 Å². The van der Waals surface area contributed by atoms with E-state index in [4.69, 9.17) is 0 Å². The third-order valence-electron chi connectivity index (χ3n) is 5.40. The highest BCUT2D eigenvalue weighted by Crippen LogP contribution is 2.28. The van der Waals surface area contributed by atoms with E-state index in [1.165, 1.54) is 0 Å². The maximum atomic E-state index is 12.8. The standard InChI is InChI=1S/C20H26N4O4/c1-13-8-10-14(11-9-13)20(2)17(26)24(19(28)23-20)12-16(25)22-18(27)21-15-6-4-3-5-7-15/h8-11,15H,3-7,12H2,1-2H3,(H,23,28)(H2,21,22,25,27)/t20-/m0/s1. The van der Waals surface area contributed by atoms with Gasteiger partial charge in [-0.1, -0.05) is 49.1 Å². The highest BCUT2D eigenvalue weighted by molar-refractivity contribution is 6.10. The Morgan fingerprint density at radius 2 is 1.79 bits per heavy atom. The molecule has 1 aliphatic heterocycles. The first-order valence-electron chi connectivity index (χ1n) is 9.61. The fourth-order valence-electron chi connectivity index (χ4n) is 3.70. The van der Waals surface area contributed by atoms with Crippen molar-refractivity contribution >= 4 is 23.9 Å². The zero-order valence-corrected chi connectivity index (χ0v) is 16.2. The van der Waals surface area contributed by atoms with Gasteiger partial charge in [-0.25, -0.2) is 9.59 Å². The Bertz CT molecular complexity index is 786. The number of hydrogen-bond donors (Lipinski definition) is 3. The Kier molecular flexibility index (Phi) is 5.67. The first-order valence-corrected chi connectivity index (χ1v) is 9.61. The Morgan fingerprint density at radius 1 is 1.14 bits per heavy atom. The van der Waals surface area contributed by atoms with Gasteiger partial charge in [-0.2, -0.15) is 0 Å². The van der Waals surface area contributed by atoms with Crippen molar-refractivity contribution in [2.45, 2.75) is 57.5 Å². The van der Waals surface area contributed by atoms with E-state index in [9.17, 15) is 19.2 Å². The zero-order chi connectivity index (χ0) is 20.3. The van der Waals surface area contributed by atoms with Gasteiger partial charge in [0.05, 0.1) is 0 Å². The van der Waals surface area contributed by atoms with Gasteiger partial charge in [0.25, 0.3) is 5.91 Å². The molecule has 8 heteroatoms. The molecule has 8 nitrogen and oxygen atoms in total. The van der Waals surface area contributed by atoms with Crippen LogP contribution in [0.5, 0.6) is 0 Å². The molecular weight excluding hydrogens is 360 g/mol. The molecule has 0 unspecified atom stereocenters. The second-order valence-corrected chi connectivity index (χ2v) is 7.67. The van der Waals surface area contributed by atoms with Crippen LogP contribution in [-0.4, -0.2) is 41.4 Å². The molecule has 28 heavy (non-hydrogen) atoms. The van der Waals surface area contributed by atoms with Crippen LogP contribution in [0, 0.1) is 6.92 Å². The number of benzene rings is 1. The first-order chi connectivity index (χ1) is 13.3. The number of carbonyl (C=O) groups is 4. The monoisotopic (exact) mass is 386 g/mol. The van der Waals surface area contributed by atoms with E-state index in [1.807, 2.05) is 19.1 Å². The molecule has 1 saturated heterocycles. The van der Waals surface area contributed by atoms with Crippen molar-refractivity contribution in [3.8, 4) is 0 Å². The molecule has 2 aliphatic rings. The van der Waals surface area contributed by atoms with Crippen LogP contribution in [-0.2, 0) is 15.1 Å². The van der Waals surface area contributed by atoms with E-state index in [2.05, 4.69) is 16.0 Å². The van der Waals surface area contributed by atoms with Gasteiger partial charge < -0.3 is 10.6 Å². The minimum atomic E-state index is -1.24. The van der Waals surface area contributed by atoms with Crippen LogP contribution in [0.15, 0.2) is 24.3 Å². The van der Waals surface area contributed by atoms with E-state index in [1.54, 1.807) is 19.1 Å². The normalized spacial score (nSPS) is 22.7. The average Bonchev–Trinajstić information content (AvgIpc) is 2.87. The summed E-state index contributed by atoms with van der Waals surface area (Å²) in [5.74, 6) is -1.23. The van der Waals surface area contributed by atoms with Crippen molar-refractivity contribution in [1.82, 2.24) is 20.9 Å². The molecule has 2 fully saturated rings. The number of aryl methyl sites for hydroxylation is 1. The number of rotatable bonds is 4. The molecule has 0 bridgehead atoms. The van der Waals surface area contributed by atoms with E-state index < -0.39 is 36.0 Å². The summed E-state index contributed by atoms with van der Waals surface area (Å²) in [6, 6.07) is 6.06. The van der Waals surface area contributed by atoms with Crippen LogP contribution in [0.2, 0.25) is 0 Å². The number of nitrogens with one attached hydrogen (secondary N) is 3. The van der Waals surface area contributed by atoms with Crippen LogP contribution < -0.4 is 16.0 Å². The van der Waals surface area contributed by atoms with Crippen molar-refractivity contribution in [2.75, 3.05) is 6.54 Å². The highest BCUT2D eigenvalue weighted by Gasteiger charge is 2.49. The van der Waals surface area contributed by atoms with Gasteiger partial charge in [0.1, 0.15) is 12.1 Å². The second kappa shape index (κ2) is 8.00. The van der Waals surface area contributed by atoms with Gasteiger partial charge in [0.2, 0.25) is 5.91 Å². The lowest BCUT2D eigenvalue weighted by Crippen LogP contribution is -2.49. The summed E-state index contributed by atoms with van der Waals surface area (Å²) >= 11 is 0. The van der Waals surface area contributed by atoms with Crippen molar-refractivity contribution in [2.24, 2.45) is 0 Å². The fraction of sp³-hybridized carbons (Fsp3) is 0.500. The van der Waals surface area contributed by atoms with Gasteiger partial charge >= 0.3 is 12.1 Å². The van der Waals surface area contributed by atoms with Crippen LogP contribution in [0.1, 0.15) is 50.2 Å². The lowest BCUT2D eigenvalue weighted by molar-refractivity contribution is -0.134. The Balaban J connectivity index is 1.59. The van der Waals surface area contributed by atoms with Crippen molar-refractivity contribution in [3.63, 3.8) is 0 Å². The Hall–Kier alpha value is -2.90. The van der Waals surface area contributed by atoms with E-state index >= 15 is 0 Å². The van der Waals surface area contributed by atoms with Crippen LogP contribution in [0.3, 0.4) is 0 Å².